The van der Waals surface area contributed by atoms with E-state index >= 15 is 0 Å². The van der Waals surface area contributed by atoms with Crippen molar-refractivity contribution in [3.05, 3.63) is 0 Å². The van der Waals surface area contributed by atoms with Gasteiger partial charge in [0.1, 0.15) is 0 Å². The van der Waals surface area contributed by atoms with Crippen LogP contribution < -0.4 is 5.73 Å². The predicted molar refractivity (Wildman–Crippen MR) is 30.1 cm³/mol. The van der Waals surface area contributed by atoms with E-state index in [2.05, 4.69) is 0 Å². The molecule has 0 heterocycles. The van der Waals surface area contributed by atoms with Crippen LogP contribution in [0.2, 0.25) is 0 Å². The van der Waals surface area contributed by atoms with Crippen LogP contribution in [0.25, 0.3) is 0 Å². The van der Waals surface area contributed by atoms with Crippen LogP contribution in [0, 0.1) is 5.92 Å². The summed E-state index contributed by atoms with van der Waals surface area (Å²) in [5, 5.41) is 0. The number of carbonyl (C=O) groups is 1. The van der Waals surface area contributed by atoms with Gasteiger partial charge in [-0.25, -0.2) is 0 Å². The summed E-state index contributed by atoms with van der Waals surface area (Å²) in [5.74, 6) is -0.266. The third-order valence-electron chi connectivity index (χ3n) is 1.73. The SMILES string of the molecule is [NH]C(=O)C1CCCC1. The average molecular weight is 112 g/mol. The highest BCUT2D eigenvalue weighted by Gasteiger charge is 2.19. The summed E-state index contributed by atoms with van der Waals surface area (Å²) in [6.07, 6.45) is 4.22. The maximum absolute atomic E-state index is 10.3. The molecule has 1 aliphatic carbocycles. The zero-order valence-corrected chi connectivity index (χ0v) is 4.81. The Kier molecular flexibility index (Phi) is 1.51. The fraction of sp³-hybridized carbons (Fsp3) is 0.833. The fourth-order valence-corrected chi connectivity index (χ4v) is 1.19. The van der Waals surface area contributed by atoms with E-state index in [0.717, 1.165) is 25.7 Å². The van der Waals surface area contributed by atoms with E-state index in [1.54, 1.807) is 0 Å². The molecule has 1 rings (SSSR count). The standard InChI is InChI=1S/C6H10NO/c7-6(8)5-3-1-2-4-5/h5,7H,1-4H2. The van der Waals surface area contributed by atoms with Crippen molar-refractivity contribution >= 4 is 5.91 Å². The Balaban J connectivity index is 2.35. The summed E-state index contributed by atoms with van der Waals surface area (Å²) < 4.78 is 0. The molecule has 0 bridgehead atoms. The lowest BCUT2D eigenvalue weighted by molar-refractivity contribution is -0.122. The first-order chi connectivity index (χ1) is 3.80. The van der Waals surface area contributed by atoms with Gasteiger partial charge in [-0.1, -0.05) is 12.8 Å². The summed E-state index contributed by atoms with van der Waals surface area (Å²) in [6.45, 7) is 0. The second kappa shape index (κ2) is 2.16. The number of hydrogen-bond acceptors (Lipinski definition) is 1. The molecule has 0 unspecified atom stereocenters. The lowest BCUT2D eigenvalue weighted by atomic mass is 10.1. The summed E-state index contributed by atoms with van der Waals surface area (Å²) >= 11 is 0. The molecule has 1 amide bonds. The largest absolute Gasteiger partial charge is 0.273 e. The van der Waals surface area contributed by atoms with Crippen molar-refractivity contribution in [2.24, 2.45) is 5.92 Å². The summed E-state index contributed by atoms with van der Waals surface area (Å²) in [4.78, 5) is 10.3. The first-order valence-electron chi connectivity index (χ1n) is 3.06. The molecule has 2 nitrogen and oxygen atoms in total. The molecule has 8 heavy (non-hydrogen) atoms. The van der Waals surface area contributed by atoms with Crippen LogP contribution >= 0.6 is 0 Å². The van der Waals surface area contributed by atoms with Crippen LogP contribution in [-0.2, 0) is 4.79 Å². The van der Waals surface area contributed by atoms with Crippen LogP contribution in [0.15, 0.2) is 0 Å². The van der Waals surface area contributed by atoms with Gasteiger partial charge in [-0.15, -0.1) is 0 Å². The molecular formula is C6H10NO. The van der Waals surface area contributed by atoms with Crippen LogP contribution in [0.4, 0.5) is 0 Å². The number of amides is 1. The van der Waals surface area contributed by atoms with Gasteiger partial charge in [0.15, 0.2) is 0 Å². The van der Waals surface area contributed by atoms with Crippen molar-refractivity contribution in [3.63, 3.8) is 0 Å². The molecule has 45 valence electrons. The van der Waals surface area contributed by atoms with Gasteiger partial charge in [0.2, 0.25) is 5.91 Å². The minimum Gasteiger partial charge on any atom is -0.273 e. The van der Waals surface area contributed by atoms with E-state index in [0.29, 0.717) is 0 Å². The smallest absolute Gasteiger partial charge is 0.241 e. The first kappa shape index (κ1) is 5.60. The van der Waals surface area contributed by atoms with Crippen LogP contribution in [0.3, 0.4) is 0 Å². The lowest BCUT2D eigenvalue weighted by Gasteiger charge is -1.97. The van der Waals surface area contributed by atoms with Crippen molar-refractivity contribution < 1.29 is 4.79 Å². The summed E-state index contributed by atoms with van der Waals surface area (Å²) in [7, 11) is 0. The Labute approximate surface area is 49.1 Å². The molecule has 0 aliphatic heterocycles. The van der Waals surface area contributed by atoms with Gasteiger partial charge < -0.3 is 0 Å². The highest BCUT2D eigenvalue weighted by molar-refractivity contribution is 5.75. The quantitative estimate of drug-likeness (QED) is 0.498. The highest BCUT2D eigenvalue weighted by Crippen LogP contribution is 2.23. The molecule has 1 saturated carbocycles. The molecular weight excluding hydrogens is 102 g/mol. The molecule has 2 heteroatoms. The molecule has 0 spiro atoms. The zero-order valence-electron chi connectivity index (χ0n) is 4.81. The van der Waals surface area contributed by atoms with Gasteiger partial charge in [0.05, 0.1) is 0 Å². The van der Waals surface area contributed by atoms with Crippen molar-refractivity contribution in [1.82, 2.24) is 5.73 Å². The highest BCUT2D eigenvalue weighted by atomic mass is 16.1. The molecule has 0 aromatic carbocycles. The summed E-state index contributed by atoms with van der Waals surface area (Å²) in [5.41, 5.74) is 6.74. The van der Waals surface area contributed by atoms with Crippen molar-refractivity contribution in [1.29, 1.82) is 0 Å². The monoisotopic (exact) mass is 112 g/mol. The first-order valence-corrected chi connectivity index (χ1v) is 3.06. The Morgan fingerprint density at radius 3 is 2.12 bits per heavy atom. The van der Waals surface area contributed by atoms with Gasteiger partial charge in [-0.2, -0.15) is 0 Å². The van der Waals surface area contributed by atoms with E-state index < -0.39 is 0 Å². The van der Waals surface area contributed by atoms with Gasteiger partial charge in [0.25, 0.3) is 0 Å². The molecule has 0 aromatic heterocycles. The Hall–Kier alpha value is -0.530. The second-order valence-corrected chi connectivity index (χ2v) is 2.35. The third kappa shape index (κ3) is 0.997. The molecule has 1 radical (unpaired) electrons. The van der Waals surface area contributed by atoms with Gasteiger partial charge >= 0.3 is 0 Å². The van der Waals surface area contributed by atoms with E-state index in [1.807, 2.05) is 0 Å². The minimum atomic E-state index is -0.359. The van der Waals surface area contributed by atoms with Gasteiger partial charge in [-0.3, -0.25) is 10.5 Å². The van der Waals surface area contributed by atoms with Gasteiger partial charge in [0, 0.05) is 5.92 Å². The Morgan fingerprint density at radius 1 is 1.38 bits per heavy atom. The zero-order chi connectivity index (χ0) is 5.98. The second-order valence-electron chi connectivity index (χ2n) is 2.35. The molecule has 1 N–H and O–H groups in total. The number of hydrogen-bond donors (Lipinski definition) is 0. The summed E-state index contributed by atoms with van der Waals surface area (Å²) in [6, 6.07) is 0. The minimum absolute atomic E-state index is 0.0926. The Morgan fingerprint density at radius 2 is 1.88 bits per heavy atom. The molecule has 0 saturated heterocycles. The van der Waals surface area contributed by atoms with Crippen molar-refractivity contribution in [2.75, 3.05) is 0 Å². The number of carbonyl (C=O) groups excluding carboxylic acids is 1. The van der Waals surface area contributed by atoms with Crippen LogP contribution in [0.5, 0.6) is 0 Å². The molecule has 0 atom stereocenters. The topological polar surface area (TPSA) is 40.9 Å². The third-order valence-corrected chi connectivity index (χ3v) is 1.73. The van der Waals surface area contributed by atoms with E-state index in [1.165, 1.54) is 0 Å². The van der Waals surface area contributed by atoms with Gasteiger partial charge in [-0.05, 0) is 12.8 Å². The lowest BCUT2D eigenvalue weighted by Crippen LogP contribution is -2.10. The van der Waals surface area contributed by atoms with Crippen LogP contribution in [0.1, 0.15) is 25.7 Å². The molecule has 1 aliphatic rings. The normalized spacial score (nSPS) is 21.5. The average Bonchev–Trinajstić information content (AvgIpc) is 2.12. The number of nitrogens with one attached hydrogen (secondary N) is 1. The van der Waals surface area contributed by atoms with Crippen LogP contribution in [-0.4, -0.2) is 5.91 Å². The predicted octanol–water partition coefficient (Wildman–Crippen LogP) is 0.986. The maximum Gasteiger partial charge on any atom is 0.241 e. The van der Waals surface area contributed by atoms with E-state index in [-0.39, 0.29) is 11.8 Å². The fourth-order valence-electron chi connectivity index (χ4n) is 1.19. The molecule has 0 aromatic rings. The van der Waals surface area contributed by atoms with Crippen molar-refractivity contribution in [3.8, 4) is 0 Å². The Bertz CT molecular complexity index is 94.7. The number of rotatable bonds is 1. The van der Waals surface area contributed by atoms with Crippen molar-refractivity contribution in [2.45, 2.75) is 25.7 Å². The molecule has 1 fully saturated rings. The van der Waals surface area contributed by atoms with E-state index in [4.69, 9.17) is 5.73 Å². The maximum atomic E-state index is 10.3. The van der Waals surface area contributed by atoms with E-state index in [9.17, 15) is 4.79 Å².